The van der Waals surface area contributed by atoms with E-state index in [0.717, 1.165) is 24.1 Å². The molecule has 1 fully saturated rings. The standard InChI is InChI=1S/C13H17BrFN/c1-8-7-10(15)13(14)12(9(8)2)11-5-3-4-6-16-11/h7,11,16H,3-6H2,1-2H3. The van der Waals surface area contributed by atoms with Crippen LogP contribution < -0.4 is 5.32 Å². The lowest BCUT2D eigenvalue weighted by Gasteiger charge is -2.27. The molecule has 16 heavy (non-hydrogen) atoms. The minimum atomic E-state index is -0.148. The van der Waals surface area contributed by atoms with Gasteiger partial charge in [0.2, 0.25) is 0 Å². The highest BCUT2D eigenvalue weighted by Crippen LogP contribution is 2.34. The zero-order valence-electron chi connectivity index (χ0n) is 9.74. The van der Waals surface area contributed by atoms with E-state index in [1.807, 2.05) is 6.92 Å². The van der Waals surface area contributed by atoms with E-state index in [-0.39, 0.29) is 5.82 Å². The summed E-state index contributed by atoms with van der Waals surface area (Å²) in [4.78, 5) is 0. The predicted octanol–water partition coefficient (Wildman–Crippen LogP) is 4.02. The van der Waals surface area contributed by atoms with Crippen LogP contribution in [-0.4, -0.2) is 6.54 Å². The summed E-state index contributed by atoms with van der Waals surface area (Å²) in [7, 11) is 0. The molecular weight excluding hydrogens is 269 g/mol. The molecule has 0 radical (unpaired) electrons. The van der Waals surface area contributed by atoms with Gasteiger partial charge < -0.3 is 5.32 Å². The Hall–Kier alpha value is -0.410. The summed E-state index contributed by atoms with van der Waals surface area (Å²) in [6.45, 7) is 5.08. The highest BCUT2D eigenvalue weighted by molar-refractivity contribution is 9.10. The number of hydrogen-bond acceptors (Lipinski definition) is 1. The van der Waals surface area contributed by atoms with Gasteiger partial charge in [0.1, 0.15) is 5.82 Å². The quantitative estimate of drug-likeness (QED) is 0.822. The van der Waals surface area contributed by atoms with Crippen molar-refractivity contribution >= 4 is 15.9 Å². The van der Waals surface area contributed by atoms with E-state index in [1.165, 1.54) is 18.4 Å². The first kappa shape index (κ1) is 12.1. The summed E-state index contributed by atoms with van der Waals surface area (Å²) in [5.74, 6) is -0.148. The predicted molar refractivity (Wildman–Crippen MR) is 68.2 cm³/mol. The number of halogens is 2. The van der Waals surface area contributed by atoms with Crippen molar-refractivity contribution in [2.75, 3.05) is 6.54 Å². The van der Waals surface area contributed by atoms with Crippen molar-refractivity contribution < 1.29 is 4.39 Å². The maximum absolute atomic E-state index is 13.7. The molecule has 0 aromatic heterocycles. The summed E-state index contributed by atoms with van der Waals surface area (Å²) in [6, 6.07) is 1.91. The molecule has 1 nitrogen and oxygen atoms in total. The Balaban J connectivity index is 2.45. The molecule has 1 atom stereocenters. The Labute approximate surface area is 105 Å². The van der Waals surface area contributed by atoms with Crippen molar-refractivity contribution in [3.63, 3.8) is 0 Å². The minimum Gasteiger partial charge on any atom is -0.310 e. The first-order chi connectivity index (χ1) is 7.61. The van der Waals surface area contributed by atoms with E-state index in [0.29, 0.717) is 10.5 Å². The van der Waals surface area contributed by atoms with Crippen LogP contribution in [0.4, 0.5) is 4.39 Å². The van der Waals surface area contributed by atoms with Gasteiger partial charge >= 0.3 is 0 Å². The Kier molecular flexibility index (Phi) is 3.65. The molecule has 1 aliphatic rings. The maximum atomic E-state index is 13.7. The van der Waals surface area contributed by atoms with Gasteiger partial charge in [-0.25, -0.2) is 4.39 Å². The minimum absolute atomic E-state index is 0.148. The third kappa shape index (κ3) is 2.16. The summed E-state index contributed by atoms with van der Waals surface area (Å²) < 4.78 is 14.3. The van der Waals surface area contributed by atoms with Crippen LogP contribution in [0.25, 0.3) is 0 Å². The lowest BCUT2D eigenvalue weighted by atomic mass is 9.92. The molecule has 2 rings (SSSR count). The van der Waals surface area contributed by atoms with Gasteiger partial charge in [0.05, 0.1) is 4.47 Å². The second-order valence-electron chi connectivity index (χ2n) is 4.53. The highest BCUT2D eigenvalue weighted by Gasteiger charge is 2.22. The number of piperidine rings is 1. The molecule has 1 aliphatic heterocycles. The van der Waals surface area contributed by atoms with Crippen LogP contribution in [0.15, 0.2) is 10.5 Å². The molecule has 0 bridgehead atoms. The highest BCUT2D eigenvalue weighted by atomic mass is 79.9. The lowest BCUT2D eigenvalue weighted by molar-refractivity contribution is 0.408. The number of hydrogen-bond donors (Lipinski definition) is 1. The molecule has 1 N–H and O–H groups in total. The van der Waals surface area contributed by atoms with Crippen LogP contribution in [0.5, 0.6) is 0 Å². The van der Waals surface area contributed by atoms with E-state index in [4.69, 9.17) is 0 Å². The maximum Gasteiger partial charge on any atom is 0.137 e. The Morgan fingerprint density at radius 1 is 1.38 bits per heavy atom. The van der Waals surface area contributed by atoms with E-state index in [9.17, 15) is 4.39 Å². The van der Waals surface area contributed by atoms with Crippen molar-refractivity contribution in [2.24, 2.45) is 0 Å². The number of nitrogens with one attached hydrogen (secondary N) is 1. The lowest BCUT2D eigenvalue weighted by Crippen LogP contribution is -2.28. The topological polar surface area (TPSA) is 12.0 Å². The summed E-state index contributed by atoms with van der Waals surface area (Å²) in [5, 5.41) is 3.47. The van der Waals surface area contributed by atoms with Crippen molar-refractivity contribution in [3.8, 4) is 0 Å². The fourth-order valence-corrected chi connectivity index (χ4v) is 3.07. The molecule has 1 saturated heterocycles. The van der Waals surface area contributed by atoms with Crippen LogP contribution in [0, 0.1) is 19.7 Å². The van der Waals surface area contributed by atoms with Crippen molar-refractivity contribution in [3.05, 3.63) is 33.0 Å². The average molecular weight is 286 g/mol. The molecule has 0 aliphatic carbocycles. The second-order valence-corrected chi connectivity index (χ2v) is 5.32. The molecule has 0 saturated carbocycles. The molecule has 1 heterocycles. The van der Waals surface area contributed by atoms with Gasteiger partial charge in [-0.1, -0.05) is 6.42 Å². The van der Waals surface area contributed by atoms with Gasteiger partial charge in [0.15, 0.2) is 0 Å². The van der Waals surface area contributed by atoms with Crippen LogP contribution in [0.2, 0.25) is 0 Å². The Bertz CT molecular complexity index is 371. The Morgan fingerprint density at radius 2 is 2.12 bits per heavy atom. The molecule has 3 heteroatoms. The fourth-order valence-electron chi connectivity index (χ4n) is 2.38. The number of benzene rings is 1. The van der Waals surface area contributed by atoms with Gasteiger partial charge in [-0.15, -0.1) is 0 Å². The number of aryl methyl sites for hydroxylation is 1. The third-order valence-corrected chi connectivity index (χ3v) is 4.25. The molecular formula is C13H17BrFN. The summed E-state index contributed by atoms with van der Waals surface area (Å²) in [6.07, 6.45) is 3.54. The van der Waals surface area contributed by atoms with Gasteiger partial charge in [-0.2, -0.15) is 0 Å². The van der Waals surface area contributed by atoms with E-state index in [1.54, 1.807) is 6.07 Å². The first-order valence-corrected chi connectivity index (χ1v) is 6.59. The van der Waals surface area contributed by atoms with Crippen molar-refractivity contribution in [1.29, 1.82) is 0 Å². The van der Waals surface area contributed by atoms with Crippen LogP contribution in [-0.2, 0) is 0 Å². The first-order valence-electron chi connectivity index (χ1n) is 5.79. The zero-order valence-corrected chi connectivity index (χ0v) is 11.3. The Morgan fingerprint density at radius 3 is 2.75 bits per heavy atom. The van der Waals surface area contributed by atoms with Crippen LogP contribution >= 0.6 is 15.9 Å². The smallest absolute Gasteiger partial charge is 0.137 e. The third-order valence-electron chi connectivity index (χ3n) is 3.44. The average Bonchev–Trinajstić information content (AvgIpc) is 2.28. The summed E-state index contributed by atoms with van der Waals surface area (Å²) in [5.41, 5.74) is 3.34. The van der Waals surface area contributed by atoms with Crippen molar-refractivity contribution in [2.45, 2.75) is 39.2 Å². The van der Waals surface area contributed by atoms with Gasteiger partial charge in [0.25, 0.3) is 0 Å². The molecule has 0 amide bonds. The van der Waals surface area contributed by atoms with E-state index in [2.05, 4.69) is 28.2 Å². The second kappa shape index (κ2) is 4.84. The van der Waals surface area contributed by atoms with Gasteiger partial charge in [-0.05, 0) is 71.9 Å². The number of rotatable bonds is 1. The largest absolute Gasteiger partial charge is 0.310 e. The molecule has 88 valence electrons. The monoisotopic (exact) mass is 285 g/mol. The molecule has 1 aromatic carbocycles. The van der Waals surface area contributed by atoms with Gasteiger partial charge in [-0.3, -0.25) is 0 Å². The van der Waals surface area contributed by atoms with Crippen LogP contribution in [0.3, 0.4) is 0 Å². The zero-order chi connectivity index (χ0) is 11.7. The fraction of sp³-hybridized carbons (Fsp3) is 0.538. The molecule has 1 aromatic rings. The van der Waals surface area contributed by atoms with E-state index < -0.39 is 0 Å². The SMILES string of the molecule is Cc1cc(F)c(Br)c(C2CCCCN2)c1C. The normalized spacial score (nSPS) is 21.1. The van der Waals surface area contributed by atoms with Crippen molar-refractivity contribution in [1.82, 2.24) is 5.32 Å². The van der Waals surface area contributed by atoms with Crippen LogP contribution in [0.1, 0.15) is 42.0 Å². The van der Waals surface area contributed by atoms with E-state index >= 15 is 0 Å². The van der Waals surface area contributed by atoms with Gasteiger partial charge in [0, 0.05) is 6.04 Å². The summed E-state index contributed by atoms with van der Waals surface area (Å²) >= 11 is 3.39. The molecule has 0 spiro atoms. The molecule has 1 unspecified atom stereocenters.